The Morgan fingerprint density at radius 3 is 2.84 bits per heavy atom. The number of anilines is 1. The Balaban J connectivity index is 2.23. The maximum absolute atomic E-state index is 9.67. The van der Waals surface area contributed by atoms with Crippen LogP contribution in [0.1, 0.15) is 37.1 Å². The van der Waals surface area contributed by atoms with E-state index >= 15 is 0 Å². The van der Waals surface area contributed by atoms with Gasteiger partial charge in [-0.15, -0.1) is 0 Å². The molecule has 1 aliphatic carbocycles. The third-order valence-corrected chi connectivity index (χ3v) is 4.70. The highest BCUT2D eigenvalue weighted by Gasteiger charge is 2.25. The standard InChI is InChI=1S/C20H23N3O2/c1-4-25-17-8-6-13(10-18(17)24-3)19-14-9-12(2)5-7-16(14)23-20(22)15(19)11-21/h6,8,10,12H,4-5,7,9H2,1-3H3,(H2,22,23). The van der Waals surface area contributed by atoms with Gasteiger partial charge < -0.3 is 15.2 Å². The van der Waals surface area contributed by atoms with Crippen molar-refractivity contribution in [2.75, 3.05) is 19.5 Å². The van der Waals surface area contributed by atoms with Gasteiger partial charge in [-0.05, 0) is 55.4 Å². The zero-order chi connectivity index (χ0) is 18.0. The van der Waals surface area contributed by atoms with E-state index in [1.54, 1.807) is 7.11 Å². The normalized spacial score (nSPS) is 16.0. The Morgan fingerprint density at radius 1 is 1.36 bits per heavy atom. The van der Waals surface area contributed by atoms with Crippen molar-refractivity contribution < 1.29 is 9.47 Å². The molecule has 0 aliphatic heterocycles. The molecule has 130 valence electrons. The van der Waals surface area contributed by atoms with Crippen LogP contribution in [-0.2, 0) is 12.8 Å². The molecule has 1 heterocycles. The highest BCUT2D eigenvalue weighted by Crippen LogP contribution is 2.40. The lowest BCUT2D eigenvalue weighted by Crippen LogP contribution is -2.16. The molecule has 0 bridgehead atoms. The van der Waals surface area contributed by atoms with Crippen molar-refractivity contribution in [3.05, 3.63) is 35.0 Å². The van der Waals surface area contributed by atoms with Gasteiger partial charge in [0.25, 0.3) is 0 Å². The Hall–Kier alpha value is -2.74. The molecule has 3 rings (SSSR count). The first-order valence-electron chi connectivity index (χ1n) is 8.61. The molecular weight excluding hydrogens is 314 g/mol. The monoisotopic (exact) mass is 337 g/mol. The number of nitriles is 1. The first-order valence-corrected chi connectivity index (χ1v) is 8.61. The van der Waals surface area contributed by atoms with Crippen LogP contribution in [-0.4, -0.2) is 18.7 Å². The zero-order valence-electron chi connectivity index (χ0n) is 14.9. The average Bonchev–Trinajstić information content (AvgIpc) is 2.61. The maximum atomic E-state index is 9.67. The van der Waals surface area contributed by atoms with Gasteiger partial charge in [0, 0.05) is 11.3 Å². The topological polar surface area (TPSA) is 81.2 Å². The molecule has 5 heteroatoms. The van der Waals surface area contributed by atoms with Gasteiger partial charge in [0.1, 0.15) is 17.5 Å². The number of nitrogen functional groups attached to an aromatic ring is 1. The van der Waals surface area contributed by atoms with Gasteiger partial charge in [-0.2, -0.15) is 5.26 Å². The molecule has 0 amide bonds. The van der Waals surface area contributed by atoms with E-state index < -0.39 is 0 Å². The Morgan fingerprint density at radius 2 is 2.16 bits per heavy atom. The third-order valence-electron chi connectivity index (χ3n) is 4.70. The molecule has 5 nitrogen and oxygen atoms in total. The van der Waals surface area contributed by atoms with E-state index in [-0.39, 0.29) is 0 Å². The number of pyridine rings is 1. The van der Waals surface area contributed by atoms with Crippen LogP contribution in [0.5, 0.6) is 11.5 Å². The summed E-state index contributed by atoms with van der Waals surface area (Å²) in [5.41, 5.74) is 10.5. The second-order valence-electron chi connectivity index (χ2n) is 6.43. The van der Waals surface area contributed by atoms with Crippen molar-refractivity contribution in [1.82, 2.24) is 4.98 Å². The van der Waals surface area contributed by atoms with Gasteiger partial charge in [-0.1, -0.05) is 13.0 Å². The van der Waals surface area contributed by atoms with Gasteiger partial charge in [-0.25, -0.2) is 4.98 Å². The van der Waals surface area contributed by atoms with Crippen LogP contribution in [0.15, 0.2) is 18.2 Å². The smallest absolute Gasteiger partial charge is 0.161 e. The van der Waals surface area contributed by atoms with E-state index in [1.807, 2.05) is 25.1 Å². The fourth-order valence-electron chi connectivity index (χ4n) is 3.48. The molecule has 0 spiro atoms. The number of rotatable bonds is 4. The summed E-state index contributed by atoms with van der Waals surface area (Å²) < 4.78 is 11.1. The number of nitrogens with zero attached hydrogens (tertiary/aromatic N) is 2. The molecule has 25 heavy (non-hydrogen) atoms. The minimum atomic E-state index is 0.304. The highest BCUT2D eigenvalue weighted by molar-refractivity contribution is 5.80. The number of hydrogen-bond acceptors (Lipinski definition) is 5. The number of hydrogen-bond donors (Lipinski definition) is 1. The Labute approximate surface area is 148 Å². The predicted molar refractivity (Wildman–Crippen MR) is 97.7 cm³/mol. The molecule has 0 fully saturated rings. The second-order valence-corrected chi connectivity index (χ2v) is 6.43. The van der Waals surface area contributed by atoms with Crippen LogP contribution in [0.25, 0.3) is 11.1 Å². The van der Waals surface area contributed by atoms with Gasteiger partial charge in [0.2, 0.25) is 0 Å². The van der Waals surface area contributed by atoms with Crippen LogP contribution in [0, 0.1) is 17.2 Å². The molecule has 0 saturated heterocycles. The molecule has 1 atom stereocenters. The second kappa shape index (κ2) is 7.02. The molecule has 1 aromatic heterocycles. The van der Waals surface area contributed by atoms with Crippen LogP contribution >= 0.6 is 0 Å². The average molecular weight is 337 g/mol. The summed E-state index contributed by atoms with van der Waals surface area (Å²) in [5, 5.41) is 9.67. The van der Waals surface area contributed by atoms with Gasteiger partial charge in [-0.3, -0.25) is 0 Å². The lowest BCUT2D eigenvalue weighted by molar-refractivity contribution is 0.311. The number of aryl methyl sites for hydroxylation is 1. The van der Waals surface area contributed by atoms with E-state index in [1.165, 1.54) is 0 Å². The molecule has 0 saturated carbocycles. The highest BCUT2D eigenvalue weighted by atomic mass is 16.5. The minimum Gasteiger partial charge on any atom is -0.493 e. The minimum absolute atomic E-state index is 0.304. The summed E-state index contributed by atoms with van der Waals surface area (Å²) in [6.45, 7) is 4.73. The molecular formula is C20H23N3O2. The largest absolute Gasteiger partial charge is 0.493 e. The molecule has 2 N–H and O–H groups in total. The predicted octanol–water partition coefficient (Wildman–Crippen LogP) is 3.73. The lowest BCUT2D eigenvalue weighted by Gasteiger charge is -2.25. The molecule has 0 radical (unpaired) electrons. The number of benzene rings is 1. The van der Waals surface area contributed by atoms with Gasteiger partial charge >= 0.3 is 0 Å². The lowest BCUT2D eigenvalue weighted by atomic mass is 9.82. The van der Waals surface area contributed by atoms with Crippen LogP contribution in [0.3, 0.4) is 0 Å². The van der Waals surface area contributed by atoms with E-state index in [4.69, 9.17) is 15.2 Å². The number of aromatic nitrogens is 1. The fraction of sp³-hybridized carbons (Fsp3) is 0.400. The summed E-state index contributed by atoms with van der Waals surface area (Å²) in [5.74, 6) is 2.21. The van der Waals surface area contributed by atoms with Crippen molar-refractivity contribution in [3.63, 3.8) is 0 Å². The van der Waals surface area contributed by atoms with Gasteiger partial charge in [0.05, 0.1) is 13.7 Å². The van der Waals surface area contributed by atoms with E-state index in [0.717, 1.165) is 41.6 Å². The number of ether oxygens (including phenoxy) is 2. The van der Waals surface area contributed by atoms with Crippen LogP contribution in [0.2, 0.25) is 0 Å². The SMILES string of the molecule is CCOc1ccc(-c2c(C#N)c(N)nc3c2CC(C)CC3)cc1OC. The van der Waals surface area contributed by atoms with E-state index in [2.05, 4.69) is 18.0 Å². The summed E-state index contributed by atoms with van der Waals surface area (Å²) in [7, 11) is 1.62. The Kier molecular flexibility index (Phi) is 4.80. The van der Waals surface area contributed by atoms with Crippen molar-refractivity contribution in [2.24, 2.45) is 5.92 Å². The quantitative estimate of drug-likeness (QED) is 0.919. The van der Waals surface area contributed by atoms with Gasteiger partial charge in [0.15, 0.2) is 11.5 Å². The fourth-order valence-corrected chi connectivity index (χ4v) is 3.48. The Bertz CT molecular complexity index is 840. The summed E-state index contributed by atoms with van der Waals surface area (Å²) in [6, 6.07) is 8.01. The van der Waals surface area contributed by atoms with Crippen molar-refractivity contribution in [1.29, 1.82) is 5.26 Å². The third kappa shape index (κ3) is 3.12. The van der Waals surface area contributed by atoms with Crippen LogP contribution in [0.4, 0.5) is 5.82 Å². The van der Waals surface area contributed by atoms with Crippen molar-refractivity contribution >= 4 is 5.82 Å². The number of methoxy groups -OCH3 is 1. The molecule has 1 unspecified atom stereocenters. The zero-order valence-corrected chi connectivity index (χ0v) is 14.9. The molecule has 1 aromatic carbocycles. The molecule has 1 aliphatic rings. The first-order chi connectivity index (χ1) is 12.1. The summed E-state index contributed by atoms with van der Waals surface area (Å²) in [6.07, 6.45) is 2.90. The summed E-state index contributed by atoms with van der Waals surface area (Å²) >= 11 is 0. The number of nitrogens with two attached hydrogens (primary N) is 1. The van der Waals surface area contributed by atoms with Crippen molar-refractivity contribution in [3.8, 4) is 28.7 Å². The molecule has 2 aromatic rings. The van der Waals surface area contributed by atoms with E-state index in [0.29, 0.717) is 35.4 Å². The number of fused-ring (bicyclic) bond motifs is 1. The van der Waals surface area contributed by atoms with E-state index in [9.17, 15) is 5.26 Å². The first kappa shape index (κ1) is 17.1. The van der Waals surface area contributed by atoms with Crippen LogP contribution < -0.4 is 15.2 Å². The van der Waals surface area contributed by atoms with Crippen molar-refractivity contribution in [2.45, 2.75) is 33.1 Å². The summed E-state index contributed by atoms with van der Waals surface area (Å²) in [4.78, 5) is 4.49. The maximum Gasteiger partial charge on any atom is 0.161 e.